The van der Waals surface area contributed by atoms with Gasteiger partial charge in [0.05, 0.1) is 19.4 Å². The maximum atomic E-state index is 5.73. The van der Waals surface area contributed by atoms with E-state index in [1.54, 1.807) is 18.9 Å². The summed E-state index contributed by atoms with van der Waals surface area (Å²) >= 11 is 6.87. The lowest BCUT2D eigenvalue weighted by molar-refractivity contribution is 0.342. The smallest absolute Gasteiger partial charge is 0.167 e. The Hall–Kier alpha value is -2.31. The molecule has 0 unspecified atom stereocenters. The van der Waals surface area contributed by atoms with Crippen molar-refractivity contribution < 1.29 is 9.47 Å². The highest BCUT2D eigenvalue weighted by Crippen LogP contribution is 2.21. The van der Waals surface area contributed by atoms with E-state index in [4.69, 9.17) is 21.7 Å². The molecule has 0 atom stereocenters. The largest absolute Gasteiger partial charge is 0.497 e. The van der Waals surface area contributed by atoms with Gasteiger partial charge in [-0.25, -0.2) is 4.98 Å². The molecule has 128 valence electrons. The quantitative estimate of drug-likeness (QED) is 0.275. The zero-order valence-corrected chi connectivity index (χ0v) is 15.4. The minimum atomic E-state index is 0.578. The van der Waals surface area contributed by atoms with Crippen LogP contribution in [0.2, 0.25) is 0 Å². The van der Waals surface area contributed by atoms with E-state index in [9.17, 15) is 0 Å². The van der Waals surface area contributed by atoms with E-state index in [0.717, 1.165) is 33.7 Å². The number of ether oxygens (including phenoxy) is 2. The predicted molar refractivity (Wildman–Crippen MR) is 104 cm³/mol. The molecular weight excluding hydrogens is 352 g/mol. The van der Waals surface area contributed by atoms with Crippen molar-refractivity contribution in [1.29, 1.82) is 0 Å². The molecule has 1 heterocycles. The van der Waals surface area contributed by atoms with Crippen molar-refractivity contribution in [1.82, 2.24) is 9.97 Å². The van der Waals surface area contributed by atoms with Gasteiger partial charge in [0, 0.05) is 5.75 Å². The number of hydrogen-bond donors (Lipinski definition) is 1. The molecule has 0 saturated carbocycles. The number of benzene rings is 2. The van der Waals surface area contributed by atoms with Gasteiger partial charge in [0.1, 0.15) is 16.1 Å². The summed E-state index contributed by atoms with van der Waals surface area (Å²) in [5, 5.41) is 0.796. The number of H-pyrrole nitrogens is 1. The van der Waals surface area contributed by atoms with Crippen molar-refractivity contribution in [3.63, 3.8) is 0 Å². The number of methoxy groups -OCH3 is 1. The maximum Gasteiger partial charge on any atom is 0.167 e. The van der Waals surface area contributed by atoms with Gasteiger partial charge in [-0.15, -0.1) is 0 Å². The van der Waals surface area contributed by atoms with Crippen LogP contribution < -0.4 is 9.47 Å². The number of nitrogens with zero attached hydrogens (tertiary/aromatic N) is 1. The first-order valence-corrected chi connectivity index (χ1v) is 9.20. The average Bonchev–Trinajstić information content (AvgIpc) is 2.66. The maximum absolute atomic E-state index is 5.73. The van der Waals surface area contributed by atoms with Gasteiger partial charge in [-0.1, -0.05) is 54.3 Å². The molecule has 1 aromatic heterocycles. The fourth-order valence-electron chi connectivity index (χ4n) is 2.25. The highest BCUT2D eigenvalue weighted by atomic mass is 32.2. The lowest BCUT2D eigenvalue weighted by atomic mass is 10.1. The van der Waals surface area contributed by atoms with E-state index >= 15 is 0 Å². The Balaban J connectivity index is 1.58. The summed E-state index contributed by atoms with van der Waals surface area (Å²) in [6.45, 7) is 0.578. The van der Waals surface area contributed by atoms with Crippen LogP contribution in [-0.4, -0.2) is 29.4 Å². The predicted octanol–water partition coefficient (Wildman–Crippen LogP) is 4.99. The van der Waals surface area contributed by atoms with E-state index in [2.05, 4.69) is 9.97 Å². The monoisotopic (exact) mass is 370 g/mol. The summed E-state index contributed by atoms with van der Waals surface area (Å²) in [5.41, 5.74) is 2.06. The van der Waals surface area contributed by atoms with E-state index in [1.807, 2.05) is 60.7 Å². The average molecular weight is 370 g/mol. The zero-order valence-electron chi connectivity index (χ0n) is 13.8. The number of aromatic amines is 1. The van der Waals surface area contributed by atoms with Crippen molar-refractivity contribution in [3.05, 3.63) is 65.3 Å². The van der Waals surface area contributed by atoms with E-state index in [-0.39, 0.29) is 0 Å². The van der Waals surface area contributed by atoms with E-state index < -0.39 is 0 Å². The van der Waals surface area contributed by atoms with E-state index in [0.29, 0.717) is 11.2 Å². The van der Waals surface area contributed by atoms with Crippen LogP contribution in [0.15, 0.2) is 65.8 Å². The van der Waals surface area contributed by atoms with Gasteiger partial charge in [0.2, 0.25) is 0 Å². The Bertz CT molecular complexity index is 865. The molecular formula is C19H18N2O2S2. The molecule has 25 heavy (non-hydrogen) atoms. The standard InChI is InChI=1S/C19H18N2O2S2/c1-22-15-7-9-16(10-8-15)23-11-12-25-19-20-17(13-18(24)21-19)14-5-3-2-4-6-14/h2-10,13H,11-12H2,1H3,(H,20,21,24). The molecule has 0 fully saturated rings. The summed E-state index contributed by atoms with van der Waals surface area (Å²) in [4.78, 5) is 7.71. The molecule has 0 saturated heterocycles. The van der Waals surface area contributed by atoms with Gasteiger partial charge in [-0.2, -0.15) is 0 Å². The van der Waals surface area contributed by atoms with Gasteiger partial charge >= 0.3 is 0 Å². The lowest BCUT2D eigenvalue weighted by Crippen LogP contribution is -2.01. The van der Waals surface area contributed by atoms with Crippen LogP contribution in [0.1, 0.15) is 0 Å². The molecule has 0 aliphatic carbocycles. The first-order chi connectivity index (χ1) is 12.2. The molecule has 6 heteroatoms. The van der Waals surface area contributed by atoms with Gasteiger partial charge in [-0.3, -0.25) is 0 Å². The molecule has 0 spiro atoms. The number of rotatable bonds is 7. The molecule has 0 aliphatic rings. The SMILES string of the molecule is COc1ccc(OCCSc2nc(=S)cc(-c3ccccc3)[nH]2)cc1. The zero-order chi connectivity index (χ0) is 17.5. The van der Waals surface area contributed by atoms with Crippen LogP contribution in [0.5, 0.6) is 11.5 Å². The van der Waals surface area contributed by atoms with Gasteiger partial charge in [-0.05, 0) is 35.9 Å². The van der Waals surface area contributed by atoms with Gasteiger partial charge in [0.25, 0.3) is 0 Å². The van der Waals surface area contributed by atoms with Crippen molar-refractivity contribution >= 4 is 24.0 Å². The van der Waals surface area contributed by atoms with Crippen molar-refractivity contribution in [2.24, 2.45) is 0 Å². The van der Waals surface area contributed by atoms with Crippen LogP contribution in [0, 0.1) is 4.64 Å². The first kappa shape index (κ1) is 17.5. The summed E-state index contributed by atoms with van der Waals surface area (Å²) in [7, 11) is 1.65. The molecule has 0 bridgehead atoms. The fourth-order valence-corrected chi connectivity index (χ4v) is 3.22. The number of aromatic nitrogens is 2. The number of nitrogens with one attached hydrogen (secondary N) is 1. The first-order valence-electron chi connectivity index (χ1n) is 7.81. The van der Waals surface area contributed by atoms with Crippen molar-refractivity contribution in [2.45, 2.75) is 5.16 Å². The second kappa shape index (κ2) is 8.69. The van der Waals surface area contributed by atoms with Crippen LogP contribution in [-0.2, 0) is 0 Å². The molecule has 0 aliphatic heterocycles. The summed E-state index contributed by atoms with van der Waals surface area (Å²) in [5.74, 6) is 2.40. The van der Waals surface area contributed by atoms with Crippen LogP contribution in [0.25, 0.3) is 11.3 Å². The second-order valence-electron chi connectivity index (χ2n) is 5.18. The van der Waals surface area contributed by atoms with E-state index in [1.165, 1.54) is 0 Å². The number of hydrogen-bond acceptors (Lipinski definition) is 5. The Morgan fingerprint density at radius 2 is 1.76 bits per heavy atom. The third-order valence-corrected chi connectivity index (χ3v) is 4.50. The summed E-state index contributed by atoms with van der Waals surface area (Å²) < 4.78 is 11.4. The van der Waals surface area contributed by atoms with Gasteiger partial charge in [0.15, 0.2) is 5.16 Å². The Kier molecular flexibility index (Phi) is 6.09. The fraction of sp³-hybridized carbons (Fsp3) is 0.158. The van der Waals surface area contributed by atoms with Crippen LogP contribution in [0.4, 0.5) is 0 Å². The minimum absolute atomic E-state index is 0.578. The summed E-state index contributed by atoms with van der Waals surface area (Å²) in [6.07, 6.45) is 0. The highest BCUT2D eigenvalue weighted by molar-refractivity contribution is 7.99. The second-order valence-corrected chi connectivity index (χ2v) is 6.68. The van der Waals surface area contributed by atoms with Crippen molar-refractivity contribution in [2.75, 3.05) is 19.5 Å². The Labute approximate surface area is 156 Å². The molecule has 0 radical (unpaired) electrons. The third-order valence-electron chi connectivity index (χ3n) is 3.46. The molecule has 3 rings (SSSR count). The highest BCUT2D eigenvalue weighted by Gasteiger charge is 2.03. The summed E-state index contributed by atoms with van der Waals surface area (Å²) in [6, 6.07) is 19.5. The third kappa shape index (κ3) is 5.08. The Morgan fingerprint density at radius 1 is 1.04 bits per heavy atom. The lowest BCUT2D eigenvalue weighted by Gasteiger charge is -2.08. The Morgan fingerprint density at radius 3 is 2.48 bits per heavy atom. The topological polar surface area (TPSA) is 47.1 Å². The normalized spacial score (nSPS) is 10.4. The van der Waals surface area contributed by atoms with Crippen LogP contribution in [0.3, 0.4) is 0 Å². The molecule has 2 aromatic carbocycles. The van der Waals surface area contributed by atoms with Crippen molar-refractivity contribution in [3.8, 4) is 22.8 Å². The minimum Gasteiger partial charge on any atom is -0.497 e. The van der Waals surface area contributed by atoms with Gasteiger partial charge < -0.3 is 14.5 Å². The molecule has 4 nitrogen and oxygen atoms in total. The number of thioether (sulfide) groups is 1. The van der Waals surface area contributed by atoms with Crippen LogP contribution >= 0.6 is 24.0 Å². The molecule has 0 amide bonds. The molecule has 3 aromatic rings. The molecule has 1 N–H and O–H groups in total.